The van der Waals surface area contributed by atoms with Crippen molar-refractivity contribution in [1.29, 1.82) is 0 Å². The largest absolute Gasteiger partial charge is 0.459 e. The Kier molecular flexibility index (Phi) is 3.80. The van der Waals surface area contributed by atoms with Crippen LogP contribution in [0.1, 0.15) is 0 Å². The van der Waals surface area contributed by atoms with Crippen LogP contribution in [0.25, 0.3) is 11.7 Å². The zero-order valence-electron chi connectivity index (χ0n) is 11.2. The molecule has 0 aliphatic rings. The van der Waals surface area contributed by atoms with Crippen molar-refractivity contribution in [3.05, 3.63) is 58.2 Å². The number of amides is 1. The Morgan fingerprint density at radius 1 is 1.27 bits per heavy atom. The number of anilines is 1. The molecule has 0 fully saturated rings. The number of halogens is 1. The molecule has 3 rings (SSSR count). The molecule has 0 unspecified atom stereocenters. The SMILES string of the molecule is O=C(Cn1nc(-c2ccco2)oc1=O)Nc1ccc(Cl)cc1. The molecule has 8 heteroatoms. The van der Waals surface area contributed by atoms with E-state index in [0.29, 0.717) is 16.5 Å². The van der Waals surface area contributed by atoms with Crippen LogP contribution in [0.4, 0.5) is 5.69 Å². The third kappa shape index (κ3) is 3.09. The van der Waals surface area contributed by atoms with Crippen molar-refractivity contribution < 1.29 is 13.6 Å². The molecule has 0 saturated carbocycles. The zero-order valence-corrected chi connectivity index (χ0v) is 11.9. The first-order valence-electron chi connectivity index (χ1n) is 6.29. The monoisotopic (exact) mass is 319 g/mol. The second-order valence-electron chi connectivity index (χ2n) is 4.36. The Morgan fingerprint density at radius 2 is 2.05 bits per heavy atom. The van der Waals surface area contributed by atoms with Crippen molar-refractivity contribution in [2.75, 3.05) is 5.32 Å². The molecule has 1 amide bonds. The molecular formula is C14H10ClN3O4. The van der Waals surface area contributed by atoms with Crippen molar-refractivity contribution in [2.24, 2.45) is 0 Å². The van der Waals surface area contributed by atoms with E-state index in [1.54, 1.807) is 36.4 Å². The van der Waals surface area contributed by atoms with Gasteiger partial charge in [-0.25, -0.2) is 4.79 Å². The van der Waals surface area contributed by atoms with Gasteiger partial charge in [-0.15, -0.1) is 5.10 Å². The van der Waals surface area contributed by atoms with Crippen LogP contribution in [0.3, 0.4) is 0 Å². The fraction of sp³-hybridized carbons (Fsp3) is 0.0714. The van der Waals surface area contributed by atoms with Crippen molar-refractivity contribution in [3.8, 4) is 11.7 Å². The Morgan fingerprint density at radius 3 is 2.73 bits per heavy atom. The number of aromatic nitrogens is 2. The summed E-state index contributed by atoms with van der Waals surface area (Å²) >= 11 is 5.76. The van der Waals surface area contributed by atoms with E-state index in [4.69, 9.17) is 20.4 Å². The molecule has 1 aromatic carbocycles. The first-order chi connectivity index (χ1) is 10.6. The minimum Gasteiger partial charge on any atom is -0.459 e. The fourth-order valence-corrected chi connectivity index (χ4v) is 1.90. The Bertz CT molecular complexity index is 834. The van der Waals surface area contributed by atoms with E-state index < -0.39 is 11.7 Å². The van der Waals surface area contributed by atoms with Gasteiger partial charge in [-0.3, -0.25) is 4.79 Å². The molecule has 0 bridgehead atoms. The summed E-state index contributed by atoms with van der Waals surface area (Å²) in [7, 11) is 0. The summed E-state index contributed by atoms with van der Waals surface area (Å²) in [6.07, 6.45) is 1.43. The molecule has 1 N–H and O–H groups in total. The van der Waals surface area contributed by atoms with E-state index in [9.17, 15) is 9.59 Å². The fourth-order valence-electron chi connectivity index (χ4n) is 1.78. The maximum Gasteiger partial charge on any atom is 0.437 e. The Balaban J connectivity index is 1.71. The molecule has 0 spiro atoms. The van der Waals surface area contributed by atoms with E-state index in [1.165, 1.54) is 6.26 Å². The van der Waals surface area contributed by atoms with E-state index >= 15 is 0 Å². The van der Waals surface area contributed by atoms with Gasteiger partial charge in [0.05, 0.1) is 6.26 Å². The third-order valence-corrected chi connectivity index (χ3v) is 3.01. The predicted molar refractivity (Wildman–Crippen MR) is 78.5 cm³/mol. The van der Waals surface area contributed by atoms with Gasteiger partial charge in [0.2, 0.25) is 5.91 Å². The minimum atomic E-state index is -0.738. The number of benzene rings is 1. The number of furan rings is 1. The summed E-state index contributed by atoms with van der Waals surface area (Å²) in [6, 6.07) is 9.84. The number of hydrogen-bond acceptors (Lipinski definition) is 5. The highest BCUT2D eigenvalue weighted by Gasteiger charge is 2.14. The van der Waals surface area contributed by atoms with Gasteiger partial charge in [0.1, 0.15) is 6.54 Å². The number of nitrogens with one attached hydrogen (secondary N) is 1. The quantitative estimate of drug-likeness (QED) is 0.797. The molecular weight excluding hydrogens is 310 g/mol. The van der Waals surface area contributed by atoms with Gasteiger partial charge >= 0.3 is 5.76 Å². The standard InChI is InChI=1S/C14H10ClN3O4/c15-9-3-5-10(6-4-9)16-12(19)8-18-14(20)22-13(17-18)11-2-1-7-21-11/h1-7H,8H2,(H,16,19). The normalized spacial score (nSPS) is 10.6. The van der Waals surface area contributed by atoms with Gasteiger partial charge in [0.25, 0.3) is 5.89 Å². The third-order valence-electron chi connectivity index (χ3n) is 2.76. The average molecular weight is 320 g/mol. The summed E-state index contributed by atoms with van der Waals surface area (Å²) in [5, 5.41) is 7.10. The Hall–Kier alpha value is -2.80. The van der Waals surface area contributed by atoms with Gasteiger partial charge in [0.15, 0.2) is 5.76 Å². The molecule has 0 saturated heterocycles. The topological polar surface area (TPSA) is 90.3 Å². The van der Waals surface area contributed by atoms with Crippen LogP contribution in [0, 0.1) is 0 Å². The second-order valence-corrected chi connectivity index (χ2v) is 4.80. The maximum atomic E-state index is 11.9. The van der Waals surface area contributed by atoms with E-state index in [2.05, 4.69) is 10.4 Å². The number of hydrogen-bond donors (Lipinski definition) is 1. The average Bonchev–Trinajstić information content (AvgIpc) is 3.12. The Labute approximate surface area is 129 Å². The van der Waals surface area contributed by atoms with E-state index in [0.717, 1.165) is 4.68 Å². The van der Waals surface area contributed by atoms with Gasteiger partial charge in [0, 0.05) is 10.7 Å². The van der Waals surface area contributed by atoms with Gasteiger partial charge < -0.3 is 14.2 Å². The molecule has 7 nitrogen and oxygen atoms in total. The first kappa shape index (κ1) is 14.2. The number of carbonyl (C=O) groups is 1. The van der Waals surface area contributed by atoms with Crippen LogP contribution in [0.15, 0.2) is 56.3 Å². The minimum absolute atomic E-state index is 0.0225. The predicted octanol–water partition coefficient (Wildman–Crippen LogP) is 2.39. The molecule has 3 aromatic rings. The van der Waals surface area contributed by atoms with Gasteiger partial charge in [-0.2, -0.15) is 4.68 Å². The van der Waals surface area contributed by atoms with Crippen LogP contribution in [-0.4, -0.2) is 15.7 Å². The molecule has 2 aromatic heterocycles. The van der Waals surface area contributed by atoms with Crippen LogP contribution < -0.4 is 11.1 Å². The van der Waals surface area contributed by atoms with Crippen molar-refractivity contribution in [3.63, 3.8) is 0 Å². The first-order valence-corrected chi connectivity index (χ1v) is 6.67. The number of rotatable bonds is 4. The molecule has 0 atom stereocenters. The number of nitrogens with zero attached hydrogens (tertiary/aromatic N) is 2. The van der Waals surface area contributed by atoms with Crippen LogP contribution in [0.2, 0.25) is 5.02 Å². The highest BCUT2D eigenvalue weighted by molar-refractivity contribution is 6.30. The molecule has 2 heterocycles. The molecule has 22 heavy (non-hydrogen) atoms. The van der Waals surface area contributed by atoms with Crippen molar-refractivity contribution >= 4 is 23.2 Å². The zero-order chi connectivity index (χ0) is 15.5. The van der Waals surface area contributed by atoms with Crippen molar-refractivity contribution in [2.45, 2.75) is 6.54 Å². The smallest absolute Gasteiger partial charge is 0.437 e. The lowest BCUT2D eigenvalue weighted by Crippen LogP contribution is -2.25. The van der Waals surface area contributed by atoms with E-state index in [1.807, 2.05) is 0 Å². The van der Waals surface area contributed by atoms with Crippen LogP contribution in [-0.2, 0) is 11.3 Å². The summed E-state index contributed by atoms with van der Waals surface area (Å²) in [4.78, 5) is 23.6. The summed E-state index contributed by atoms with van der Waals surface area (Å²) in [5.74, 6) is -0.815. The summed E-state index contributed by atoms with van der Waals surface area (Å²) < 4.78 is 10.9. The molecule has 112 valence electrons. The lowest BCUT2D eigenvalue weighted by Gasteiger charge is -2.04. The van der Waals surface area contributed by atoms with Crippen LogP contribution in [0.5, 0.6) is 0 Å². The maximum absolute atomic E-state index is 11.9. The van der Waals surface area contributed by atoms with E-state index in [-0.39, 0.29) is 12.4 Å². The molecule has 0 aliphatic heterocycles. The van der Waals surface area contributed by atoms with Crippen molar-refractivity contribution in [1.82, 2.24) is 9.78 Å². The van der Waals surface area contributed by atoms with Gasteiger partial charge in [-0.1, -0.05) is 11.6 Å². The summed E-state index contributed by atoms with van der Waals surface area (Å²) in [6.45, 7) is -0.272. The second kappa shape index (κ2) is 5.90. The lowest BCUT2D eigenvalue weighted by atomic mass is 10.3. The highest BCUT2D eigenvalue weighted by atomic mass is 35.5. The number of carbonyl (C=O) groups excluding carboxylic acids is 1. The molecule has 0 aliphatic carbocycles. The molecule has 0 radical (unpaired) electrons. The lowest BCUT2D eigenvalue weighted by molar-refractivity contribution is -0.117. The summed E-state index contributed by atoms with van der Waals surface area (Å²) in [5.41, 5.74) is 0.567. The van der Waals surface area contributed by atoms with Crippen LogP contribution >= 0.6 is 11.6 Å². The van der Waals surface area contributed by atoms with Gasteiger partial charge in [-0.05, 0) is 36.4 Å². The highest BCUT2D eigenvalue weighted by Crippen LogP contribution is 2.15.